The fraction of sp³-hybridized carbons (Fsp3) is 0.533. The summed E-state index contributed by atoms with van der Waals surface area (Å²) in [6, 6.07) is 7.33. The van der Waals surface area contributed by atoms with E-state index in [0.29, 0.717) is 12.1 Å². The van der Waals surface area contributed by atoms with Crippen LogP contribution in [0.2, 0.25) is 0 Å². The molecule has 0 spiro atoms. The van der Waals surface area contributed by atoms with Gasteiger partial charge in [0.25, 0.3) is 5.91 Å². The predicted molar refractivity (Wildman–Crippen MR) is 77.4 cm³/mol. The van der Waals surface area contributed by atoms with Gasteiger partial charge >= 0.3 is 0 Å². The van der Waals surface area contributed by atoms with Gasteiger partial charge in [-0.05, 0) is 50.6 Å². The molecular formula is C15H24N2O2. The van der Waals surface area contributed by atoms with Crippen molar-refractivity contribution in [2.24, 2.45) is 5.73 Å². The maximum atomic E-state index is 11.9. The smallest absolute Gasteiger partial charge is 0.251 e. The zero-order valence-corrected chi connectivity index (χ0v) is 11.8. The fourth-order valence-corrected chi connectivity index (χ4v) is 1.67. The minimum absolute atomic E-state index is 0.0685. The molecule has 106 valence electrons. The van der Waals surface area contributed by atoms with Crippen molar-refractivity contribution in [3.05, 3.63) is 29.8 Å². The van der Waals surface area contributed by atoms with E-state index in [9.17, 15) is 4.79 Å². The molecule has 1 aromatic carbocycles. The molecule has 0 saturated heterocycles. The van der Waals surface area contributed by atoms with Crippen molar-refractivity contribution in [2.75, 3.05) is 13.2 Å². The average Bonchev–Trinajstić information content (AvgIpc) is 2.40. The summed E-state index contributed by atoms with van der Waals surface area (Å²) in [7, 11) is 0. The monoisotopic (exact) mass is 264 g/mol. The highest BCUT2D eigenvalue weighted by Gasteiger charge is 2.09. The highest BCUT2D eigenvalue weighted by molar-refractivity contribution is 5.94. The Morgan fingerprint density at radius 2 is 2.05 bits per heavy atom. The molecular weight excluding hydrogens is 240 g/mol. The normalized spacial score (nSPS) is 11.9. The van der Waals surface area contributed by atoms with Crippen LogP contribution in [0.4, 0.5) is 0 Å². The molecule has 0 heterocycles. The van der Waals surface area contributed by atoms with Crippen LogP contribution < -0.4 is 15.8 Å². The Hall–Kier alpha value is -1.55. The summed E-state index contributed by atoms with van der Waals surface area (Å²) in [5.41, 5.74) is 6.10. The molecule has 0 fully saturated rings. The first-order chi connectivity index (χ1) is 9.17. The van der Waals surface area contributed by atoms with Gasteiger partial charge in [0.1, 0.15) is 5.75 Å². The molecule has 0 aromatic heterocycles. The summed E-state index contributed by atoms with van der Waals surface area (Å²) in [4.78, 5) is 11.9. The number of nitrogens with two attached hydrogens (primary N) is 1. The Balaban J connectivity index is 2.48. The van der Waals surface area contributed by atoms with Crippen LogP contribution in [0, 0.1) is 0 Å². The van der Waals surface area contributed by atoms with Crippen LogP contribution in [0.1, 0.15) is 43.5 Å². The Morgan fingerprint density at radius 3 is 2.63 bits per heavy atom. The molecule has 1 unspecified atom stereocenters. The molecule has 1 atom stereocenters. The molecule has 1 rings (SSSR count). The first kappa shape index (κ1) is 15.5. The van der Waals surface area contributed by atoms with Gasteiger partial charge in [0.2, 0.25) is 0 Å². The average molecular weight is 264 g/mol. The van der Waals surface area contributed by atoms with Gasteiger partial charge in [0.05, 0.1) is 6.61 Å². The molecule has 0 radical (unpaired) electrons. The number of amides is 1. The van der Waals surface area contributed by atoms with Crippen LogP contribution in [0.3, 0.4) is 0 Å². The third-order valence-electron chi connectivity index (χ3n) is 2.86. The quantitative estimate of drug-likeness (QED) is 0.708. The fourth-order valence-electron chi connectivity index (χ4n) is 1.67. The summed E-state index contributed by atoms with van der Waals surface area (Å²) in [5.74, 6) is 0.737. The Bertz CT molecular complexity index is 376. The van der Waals surface area contributed by atoms with Gasteiger partial charge in [-0.15, -0.1) is 0 Å². The van der Waals surface area contributed by atoms with Crippen LogP contribution >= 0.6 is 0 Å². The highest BCUT2D eigenvalue weighted by Crippen LogP contribution is 2.13. The number of carbonyl (C=O) groups is 1. The van der Waals surface area contributed by atoms with Crippen LogP contribution in [-0.2, 0) is 0 Å². The zero-order chi connectivity index (χ0) is 14.1. The van der Waals surface area contributed by atoms with E-state index in [2.05, 4.69) is 12.2 Å². The summed E-state index contributed by atoms with van der Waals surface area (Å²) in [6.45, 7) is 5.37. The van der Waals surface area contributed by atoms with Crippen LogP contribution in [-0.4, -0.2) is 25.1 Å². The number of carbonyl (C=O) groups excluding carboxylic acids is 1. The van der Waals surface area contributed by atoms with Crippen molar-refractivity contribution >= 4 is 5.91 Å². The van der Waals surface area contributed by atoms with Gasteiger partial charge in [-0.1, -0.05) is 13.3 Å². The first-order valence-corrected chi connectivity index (χ1v) is 6.91. The predicted octanol–water partition coefficient (Wildman–Crippen LogP) is 2.33. The van der Waals surface area contributed by atoms with Crippen LogP contribution in [0.25, 0.3) is 0 Å². The van der Waals surface area contributed by atoms with Gasteiger partial charge in [-0.3, -0.25) is 4.79 Å². The van der Waals surface area contributed by atoms with Crippen molar-refractivity contribution < 1.29 is 9.53 Å². The van der Waals surface area contributed by atoms with Crippen LogP contribution in [0.5, 0.6) is 5.75 Å². The largest absolute Gasteiger partial charge is 0.494 e. The number of benzene rings is 1. The standard InChI is InChI=1S/C15H24N2O2/c1-3-4-11-19-14-7-5-13(6-8-14)15(18)17-12(2)9-10-16/h5-8,12H,3-4,9-11,16H2,1-2H3,(H,17,18). The van der Waals surface area contributed by atoms with E-state index in [1.54, 1.807) is 12.1 Å². The minimum Gasteiger partial charge on any atom is -0.494 e. The lowest BCUT2D eigenvalue weighted by Gasteiger charge is -2.13. The topological polar surface area (TPSA) is 64.3 Å². The van der Waals surface area contributed by atoms with Crippen molar-refractivity contribution in [3.8, 4) is 5.75 Å². The molecule has 0 aliphatic heterocycles. The third-order valence-corrected chi connectivity index (χ3v) is 2.86. The van der Waals surface area contributed by atoms with E-state index >= 15 is 0 Å². The maximum absolute atomic E-state index is 11.9. The van der Waals surface area contributed by atoms with E-state index in [0.717, 1.165) is 31.6 Å². The van der Waals surface area contributed by atoms with E-state index in [1.165, 1.54) is 0 Å². The molecule has 0 saturated carbocycles. The van der Waals surface area contributed by atoms with Gasteiger partial charge in [-0.2, -0.15) is 0 Å². The SMILES string of the molecule is CCCCOc1ccc(C(=O)NC(C)CCN)cc1. The van der Waals surface area contributed by atoms with E-state index in [4.69, 9.17) is 10.5 Å². The molecule has 1 amide bonds. The first-order valence-electron chi connectivity index (χ1n) is 6.91. The van der Waals surface area contributed by atoms with Gasteiger partial charge < -0.3 is 15.8 Å². The number of nitrogens with one attached hydrogen (secondary N) is 1. The molecule has 0 aliphatic rings. The Labute approximate surface area is 115 Å². The van der Waals surface area contributed by atoms with Crippen molar-refractivity contribution in [1.29, 1.82) is 0 Å². The van der Waals surface area contributed by atoms with Crippen molar-refractivity contribution in [2.45, 2.75) is 39.2 Å². The zero-order valence-electron chi connectivity index (χ0n) is 11.8. The lowest BCUT2D eigenvalue weighted by molar-refractivity contribution is 0.0939. The number of hydrogen-bond donors (Lipinski definition) is 2. The molecule has 4 heteroatoms. The third kappa shape index (κ3) is 5.75. The number of ether oxygens (including phenoxy) is 1. The summed E-state index contributed by atoms with van der Waals surface area (Å²) >= 11 is 0. The molecule has 1 aromatic rings. The maximum Gasteiger partial charge on any atom is 0.251 e. The van der Waals surface area contributed by atoms with E-state index < -0.39 is 0 Å². The lowest BCUT2D eigenvalue weighted by Crippen LogP contribution is -2.33. The number of unbranched alkanes of at least 4 members (excludes halogenated alkanes) is 1. The number of rotatable bonds is 8. The molecule has 4 nitrogen and oxygen atoms in total. The second kappa shape index (κ2) is 8.53. The van der Waals surface area contributed by atoms with E-state index in [1.807, 2.05) is 19.1 Å². The molecule has 19 heavy (non-hydrogen) atoms. The summed E-state index contributed by atoms with van der Waals surface area (Å²) in [5, 5.41) is 2.91. The molecule has 0 bridgehead atoms. The molecule has 0 aliphatic carbocycles. The lowest BCUT2D eigenvalue weighted by atomic mass is 10.1. The molecule has 3 N–H and O–H groups in total. The Kier molecular flexibility index (Phi) is 6.97. The highest BCUT2D eigenvalue weighted by atomic mass is 16.5. The second-order valence-corrected chi connectivity index (χ2v) is 4.68. The van der Waals surface area contributed by atoms with Crippen molar-refractivity contribution in [1.82, 2.24) is 5.32 Å². The Morgan fingerprint density at radius 1 is 1.37 bits per heavy atom. The van der Waals surface area contributed by atoms with Crippen molar-refractivity contribution in [3.63, 3.8) is 0 Å². The van der Waals surface area contributed by atoms with Gasteiger partial charge in [0.15, 0.2) is 0 Å². The summed E-state index contributed by atoms with van der Waals surface area (Å²) < 4.78 is 5.55. The minimum atomic E-state index is -0.0685. The van der Waals surface area contributed by atoms with Crippen LogP contribution in [0.15, 0.2) is 24.3 Å². The number of hydrogen-bond acceptors (Lipinski definition) is 3. The van der Waals surface area contributed by atoms with Gasteiger partial charge in [0, 0.05) is 11.6 Å². The van der Waals surface area contributed by atoms with Gasteiger partial charge in [-0.25, -0.2) is 0 Å². The second-order valence-electron chi connectivity index (χ2n) is 4.68. The summed E-state index contributed by atoms with van der Waals surface area (Å²) in [6.07, 6.45) is 2.93. The van der Waals surface area contributed by atoms with E-state index in [-0.39, 0.29) is 11.9 Å².